The highest BCUT2D eigenvalue weighted by Crippen LogP contribution is 2.31. The average Bonchev–Trinajstić information content (AvgIpc) is 2.62. The molecule has 0 fully saturated rings. The SMILES string of the molecule is CN(C(=O)c1cccnc1Cl)c1ccccc1-c1ccc(F)cc1. The lowest BCUT2D eigenvalue weighted by atomic mass is 10.0. The van der Waals surface area contributed by atoms with E-state index in [0.29, 0.717) is 11.3 Å². The topological polar surface area (TPSA) is 33.2 Å². The van der Waals surface area contributed by atoms with Crippen molar-refractivity contribution in [2.45, 2.75) is 0 Å². The van der Waals surface area contributed by atoms with Gasteiger partial charge in [0.25, 0.3) is 5.91 Å². The quantitative estimate of drug-likeness (QED) is 0.640. The summed E-state index contributed by atoms with van der Waals surface area (Å²) in [4.78, 5) is 18.2. The van der Waals surface area contributed by atoms with E-state index in [1.807, 2.05) is 24.3 Å². The van der Waals surface area contributed by atoms with Crippen LogP contribution in [-0.2, 0) is 0 Å². The molecule has 0 bridgehead atoms. The molecule has 3 rings (SSSR count). The number of halogens is 2. The number of carbonyl (C=O) groups is 1. The molecule has 0 N–H and O–H groups in total. The zero-order valence-electron chi connectivity index (χ0n) is 12.9. The first kappa shape index (κ1) is 16.1. The number of benzene rings is 2. The number of aromatic nitrogens is 1. The van der Waals surface area contributed by atoms with Gasteiger partial charge in [0, 0.05) is 18.8 Å². The summed E-state index contributed by atoms with van der Waals surface area (Å²) in [5.74, 6) is -0.564. The summed E-state index contributed by atoms with van der Waals surface area (Å²) in [6.45, 7) is 0. The standard InChI is InChI=1S/C19H14ClFN2O/c1-23(19(24)16-6-4-12-22-18(16)20)17-7-3-2-5-15(17)13-8-10-14(21)11-9-13/h2-12H,1H3. The third-order valence-corrected chi connectivity index (χ3v) is 4.02. The molecule has 0 aliphatic heterocycles. The Labute approximate surface area is 144 Å². The number of hydrogen-bond donors (Lipinski definition) is 0. The summed E-state index contributed by atoms with van der Waals surface area (Å²) in [6.07, 6.45) is 1.53. The summed E-state index contributed by atoms with van der Waals surface area (Å²) < 4.78 is 13.2. The average molecular weight is 341 g/mol. The van der Waals surface area contributed by atoms with Crippen LogP contribution in [0.3, 0.4) is 0 Å². The highest BCUT2D eigenvalue weighted by atomic mass is 35.5. The molecule has 0 unspecified atom stereocenters. The molecular weight excluding hydrogens is 327 g/mol. The smallest absolute Gasteiger partial charge is 0.261 e. The normalized spacial score (nSPS) is 10.5. The number of hydrogen-bond acceptors (Lipinski definition) is 2. The molecule has 0 saturated heterocycles. The molecule has 3 nitrogen and oxygen atoms in total. The maximum absolute atomic E-state index is 13.2. The van der Waals surface area contributed by atoms with E-state index in [1.54, 1.807) is 31.3 Å². The number of pyridine rings is 1. The fourth-order valence-electron chi connectivity index (χ4n) is 2.48. The summed E-state index contributed by atoms with van der Waals surface area (Å²) in [6, 6.07) is 16.9. The summed E-state index contributed by atoms with van der Waals surface area (Å²) in [5.41, 5.74) is 2.68. The molecule has 120 valence electrons. The fraction of sp³-hybridized carbons (Fsp3) is 0.0526. The van der Waals surface area contributed by atoms with Crippen molar-refractivity contribution >= 4 is 23.2 Å². The van der Waals surface area contributed by atoms with Gasteiger partial charge in [0.05, 0.1) is 11.3 Å². The van der Waals surface area contributed by atoms with E-state index >= 15 is 0 Å². The van der Waals surface area contributed by atoms with Gasteiger partial charge in [-0.15, -0.1) is 0 Å². The van der Waals surface area contributed by atoms with Crippen LogP contribution in [-0.4, -0.2) is 17.9 Å². The van der Waals surface area contributed by atoms with Gasteiger partial charge in [-0.1, -0.05) is 41.9 Å². The third-order valence-electron chi connectivity index (χ3n) is 3.71. The van der Waals surface area contributed by atoms with Crippen LogP contribution in [0.25, 0.3) is 11.1 Å². The van der Waals surface area contributed by atoms with E-state index in [0.717, 1.165) is 11.1 Å². The molecule has 0 aliphatic carbocycles. The molecule has 0 atom stereocenters. The first-order chi connectivity index (χ1) is 11.6. The zero-order valence-corrected chi connectivity index (χ0v) is 13.7. The van der Waals surface area contributed by atoms with Gasteiger partial charge in [-0.3, -0.25) is 4.79 Å². The van der Waals surface area contributed by atoms with Gasteiger partial charge in [0.15, 0.2) is 0 Å². The van der Waals surface area contributed by atoms with Crippen LogP contribution in [0.4, 0.5) is 10.1 Å². The van der Waals surface area contributed by atoms with Gasteiger partial charge in [-0.05, 0) is 35.9 Å². The summed E-state index contributed by atoms with van der Waals surface area (Å²) >= 11 is 6.02. The van der Waals surface area contributed by atoms with Gasteiger partial charge in [-0.2, -0.15) is 0 Å². The Kier molecular flexibility index (Phi) is 4.58. The second kappa shape index (κ2) is 6.81. The first-order valence-corrected chi connectivity index (χ1v) is 7.69. The molecule has 3 aromatic rings. The Bertz CT molecular complexity index is 881. The van der Waals surface area contributed by atoms with E-state index in [4.69, 9.17) is 11.6 Å². The lowest BCUT2D eigenvalue weighted by Crippen LogP contribution is -2.27. The van der Waals surface area contributed by atoms with Crippen molar-refractivity contribution in [1.82, 2.24) is 4.98 Å². The molecule has 0 spiro atoms. The highest BCUT2D eigenvalue weighted by molar-refractivity contribution is 6.33. The van der Waals surface area contributed by atoms with Crippen molar-refractivity contribution in [3.05, 3.63) is 83.4 Å². The van der Waals surface area contributed by atoms with Gasteiger partial charge >= 0.3 is 0 Å². The van der Waals surface area contributed by atoms with Crippen LogP contribution in [0, 0.1) is 5.82 Å². The Morgan fingerprint density at radius 3 is 2.46 bits per heavy atom. The Balaban J connectivity index is 2.02. The summed E-state index contributed by atoms with van der Waals surface area (Å²) in [5, 5.41) is 0.161. The molecular formula is C19H14ClFN2O. The monoisotopic (exact) mass is 340 g/mol. The highest BCUT2D eigenvalue weighted by Gasteiger charge is 2.19. The molecule has 0 aliphatic rings. The van der Waals surface area contributed by atoms with Crippen LogP contribution >= 0.6 is 11.6 Å². The molecule has 1 heterocycles. The molecule has 0 radical (unpaired) electrons. The minimum atomic E-state index is -0.303. The van der Waals surface area contributed by atoms with Crippen molar-refractivity contribution in [2.75, 3.05) is 11.9 Å². The number of anilines is 1. The predicted molar refractivity (Wildman–Crippen MR) is 93.8 cm³/mol. The van der Waals surface area contributed by atoms with Crippen molar-refractivity contribution < 1.29 is 9.18 Å². The van der Waals surface area contributed by atoms with Crippen molar-refractivity contribution in [2.24, 2.45) is 0 Å². The first-order valence-electron chi connectivity index (χ1n) is 7.31. The molecule has 5 heteroatoms. The number of carbonyl (C=O) groups excluding carboxylic acids is 1. The van der Waals surface area contributed by atoms with Crippen LogP contribution in [0.2, 0.25) is 5.15 Å². The van der Waals surface area contributed by atoms with Crippen molar-refractivity contribution in [3.63, 3.8) is 0 Å². The van der Waals surface area contributed by atoms with Crippen molar-refractivity contribution in [1.29, 1.82) is 0 Å². The largest absolute Gasteiger partial charge is 0.311 e. The maximum Gasteiger partial charge on any atom is 0.261 e. The van der Waals surface area contributed by atoms with Crippen LogP contribution in [0.15, 0.2) is 66.9 Å². The van der Waals surface area contributed by atoms with Crippen LogP contribution < -0.4 is 4.90 Å². The Morgan fingerprint density at radius 1 is 1.04 bits per heavy atom. The van der Waals surface area contributed by atoms with E-state index in [2.05, 4.69) is 4.98 Å². The second-order valence-corrected chi connectivity index (χ2v) is 5.59. The number of nitrogens with zero attached hydrogens (tertiary/aromatic N) is 2. The van der Waals surface area contributed by atoms with E-state index in [1.165, 1.54) is 23.2 Å². The number of para-hydroxylation sites is 1. The van der Waals surface area contributed by atoms with Crippen molar-refractivity contribution in [3.8, 4) is 11.1 Å². The number of rotatable bonds is 3. The van der Waals surface area contributed by atoms with Crippen LogP contribution in [0.1, 0.15) is 10.4 Å². The van der Waals surface area contributed by atoms with Gasteiger partial charge in [-0.25, -0.2) is 9.37 Å². The predicted octanol–water partition coefficient (Wildman–Crippen LogP) is 4.82. The number of amides is 1. The Morgan fingerprint density at radius 2 is 1.75 bits per heavy atom. The molecule has 1 amide bonds. The molecule has 0 saturated carbocycles. The maximum atomic E-state index is 13.2. The van der Waals surface area contributed by atoms with E-state index < -0.39 is 0 Å². The van der Waals surface area contributed by atoms with Crippen LogP contribution in [0.5, 0.6) is 0 Å². The van der Waals surface area contributed by atoms with Gasteiger partial charge < -0.3 is 4.90 Å². The zero-order chi connectivity index (χ0) is 17.1. The lowest BCUT2D eigenvalue weighted by Gasteiger charge is -2.21. The Hall–Kier alpha value is -2.72. The molecule has 1 aromatic heterocycles. The fourth-order valence-corrected chi connectivity index (χ4v) is 2.68. The summed E-state index contributed by atoms with van der Waals surface area (Å²) in [7, 11) is 1.67. The van der Waals surface area contributed by atoms with E-state index in [9.17, 15) is 9.18 Å². The van der Waals surface area contributed by atoms with Gasteiger partial charge in [0.1, 0.15) is 11.0 Å². The minimum Gasteiger partial charge on any atom is -0.311 e. The lowest BCUT2D eigenvalue weighted by molar-refractivity contribution is 0.0993. The second-order valence-electron chi connectivity index (χ2n) is 5.23. The third kappa shape index (κ3) is 3.14. The molecule has 2 aromatic carbocycles. The molecule has 24 heavy (non-hydrogen) atoms. The van der Waals surface area contributed by atoms with Gasteiger partial charge in [0.2, 0.25) is 0 Å². The van der Waals surface area contributed by atoms with E-state index in [-0.39, 0.29) is 16.9 Å². The minimum absolute atomic E-state index is 0.161.